The Morgan fingerprint density at radius 3 is 2.26 bits per heavy atom. The van der Waals surface area contributed by atoms with Crippen LogP contribution in [0.3, 0.4) is 0 Å². The van der Waals surface area contributed by atoms with Crippen molar-refractivity contribution in [2.24, 2.45) is 0 Å². The van der Waals surface area contributed by atoms with E-state index in [0.717, 1.165) is 11.1 Å². The predicted molar refractivity (Wildman–Crippen MR) is 140 cm³/mol. The van der Waals surface area contributed by atoms with Crippen LogP contribution in [0.15, 0.2) is 78.9 Å². The Bertz CT molecular complexity index is 1320. The van der Waals surface area contributed by atoms with Gasteiger partial charge in [-0.2, -0.15) is 0 Å². The lowest BCUT2D eigenvalue weighted by atomic mass is 9.95. The number of piperidine rings is 1. The number of aryl methyl sites for hydroxylation is 1. The number of rotatable bonds is 5. The summed E-state index contributed by atoms with van der Waals surface area (Å²) in [7, 11) is 0. The molecule has 7 nitrogen and oxygen atoms in total. The van der Waals surface area contributed by atoms with Crippen LogP contribution in [0.25, 0.3) is 0 Å². The SMILES string of the molecule is Cc1ccccc1C(=O)N1[C@H](C(=O)NCc2ccccc2)COC12CCN(C(=O)c1ccc(F)cc1)CC2. The van der Waals surface area contributed by atoms with Crippen LogP contribution in [0.2, 0.25) is 0 Å². The fraction of sp³-hybridized carbons (Fsp3) is 0.300. The summed E-state index contributed by atoms with van der Waals surface area (Å²) in [4.78, 5) is 43.6. The first-order chi connectivity index (χ1) is 18.4. The number of benzene rings is 3. The highest BCUT2D eigenvalue weighted by atomic mass is 19.1. The maximum absolute atomic E-state index is 13.9. The molecule has 0 unspecified atom stereocenters. The monoisotopic (exact) mass is 515 g/mol. The molecule has 2 aliphatic rings. The number of amides is 3. The van der Waals surface area contributed by atoms with E-state index in [-0.39, 0.29) is 24.3 Å². The van der Waals surface area contributed by atoms with Crippen molar-refractivity contribution >= 4 is 17.7 Å². The lowest BCUT2D eigenvalue weighted by Crippen LogP contribution is -2.59. The number of nitrogens with one attached hydrogen (secondary N) is 1. The van der Waals surface area contributed by atoms with Crippen molar-refractivity contribution in [3.63, 3.8) is 0 Å². The first-order valence-corrected chi connectivity index (χ1v) is 12.8. The van der Waals surface area contributed by atoms with Gasteiger partial charge in [-0.3, -0.25) is 19.3 Å². The summed E-state index contributed by atoms with van der Waals surface area (Å²) in [6.07, 6.45) is 0.722. The second-order valence-corrected chi connectivity index (χ2v) is 9.77. The summed E-state index contributed by atoms with van der Waals surface area (Å²) < 4.78 is 19.6. The topological polar surface area (TPSA) is 79.0 Å². The summed E-state index contributed by atoms with van der Waals surface area (Å²) in [6.45, 7) is 2.96. The second-order valence-electron chi connectivity index (χ2n) is 9.77. The van der Waals surface area contributed by atoms with Gasteiger partial charge in [-0.15, -0.1) is 0 Å². The minimum atomic E-state index is -1.01. The molecule has 0 bridgehead atoms. The molecular formula is C30H30FN3O4. The van der Waals surface area contributed by atoms with E-state index in [1.807, 2.05) is 49.4 Å². The van der Waals surface area contributed by atoms with Gasteiger partial charge in [-0.05, 0) is 48.4 Å². The molecule has 0 aromatic heterocycles. The zero-order valence-corrected chi connectivity index (χ0v) is 21.2. The van der Waals surface area contributed by atoms with Gasteiger partial charge in [0.25, 0.3) is 11.8 Å². The molecule has 5 rings (SSSR count). The van der Waals surface area contributed by atoms with E-state index in [4.69, 9.17) is 4.74 Å². The Balaban J connectivity index is 1.37. The number of ether oxygens (including phenoxy) is 1. The van der Waals surface area contributed by atoms with E-state index in [1.54, 1.807) is 21.9 Å². The molecule has 3 aromatic rings. The molecule has 2 aliphatic heterocycles. The van der Waals surface area contributed by atoms with Crippen LogP contribution in [-0.4, -0.2) is 59.0 Å². The van der Waals surface area contributed by atoms with Crippen molar-refractivity contribution < 1.29 is 23.5 Å². The fourth-order valence-electron chi connectivity index (χ4n) is 5.25. The van der Waals surface area contributed by atoms with Crippen molar-refractivity contribution in [3.8, 4) is 0 Å². The first-order valence-electron chi connectivity index (χ1n) is 12.8. The standard InChI is InChI=1S/C30H30FN3O4/c1-21-7-5-6-10-25(21)29(37)34-26(27(35)32-19-22-8-3-2-4-9-22)20-38-30(34)15-17-33(18-16-30)28(36)23-11-13-24(31)14-12-23/h2-14,26H,15-20H2,1H3,(H,32,35)/t26-/m0/s1. The van der Waals surface area contributed by atoms with Crippen LogP contribution in [0, 0.1) is 12.7 Å². The third-order valence-electron chi connectivity index (χ3n) is 7.39. The molecule has 8 heteroatoms. The Morgan fingerprint density at radius 1 is 0.921 bits per heavy atom. The van der Waals surface area contributed by atoms with E-state index in [1.165, 1.54) is 24.3 Å². The second kappa shape index (κ2) is 10.8. The van der Waals surface area contributed by atoms with E-state index in [0.29, 0.717) is 43.6 Å². The van der Waals surface area contributed by atoms with Crippen LogP contribution in [0.4, 0.5) is 4.39 Å². The van der Waals surface area contributed by atoms with Crippen LogP contribution >= 0.6 is 0 Å². The van der Waals surface area contributed by atoms with Gasteiger partial charge in [0.15, 0.2) is 0 Å². The van der Waals surface area contributed by atoms with Gasteiger partial charge in [-0.1, -0.05) is 48.5 Å². The van der Waals surface area contributed by atoms with Gasteiger partial charge < -0.3 is 15.0 Å². The number of halogens is 1. The fourth-order valence-corrected chi connectivity index (χ4v) is 5.25. The van der Waals surface area contributed by atoms with E-state index >= 15 is 0 Å². The van der Waals surface area contributed by atoms with Crippen LogP contribution in [0.5, 0.6) is 0 Å². The molecule has 0 aliphatic carbocycles. The van der Waals surface area contributed by atoms with E-state index in [2.05, 4.69) is 5.32 Å². The maximum atomic E-state index is 13.9. The van der Waals surface area contributed by atoms with E-state index in [9.17, 15) is 18.8 Å². The van der Waals surface area contributed by atoms with Crippen molar-refractivity contribution in [2.45, 2.75) is 38.1 Å². The zero-order valence-electron chi connectivity index (χ0n) is 21.2. The summed E-state index contributed by atoms with van der Waals surface area (Å²) in [5.74, 6) is -1.15. The molecule has 2 saturated heterocycles. The van der Waals surface area contributed by atoms with Crippen molar-refractivity contribution in [2.75, 3.05) is 19.7 Å². The molecule has 2 heterocycles. The average molecular weight is 516 g/mol. The van der Waals surface area contributed by atoms with Crippen molar-refractivity contribution in [3.05, 3.63) is 107 Å². The van der Waals surface area contributed by atoms with Gasteiger partial charge in [-0.25, -0.2) is 4.39 Å². The average Bonchev–Trinajstić information content (AvgIpc) is 3.31. The molecular weight excluding hydrogens is 485 g/mol. The third-order valence-corrected chi connectivity index (χ3v) is 7.39. The summed E-state index contributed by atoms with van der Waals surface area (Å²) in [5.41, 5.74) is 1.68. The quantitative estimate of drug-likeness (QED) is 0.559. The molecule has 2 fully saturated rings. The Kier molecular flexibility index (Phi) is 7.24. The molecule has 38 heavy (non-hydrogen) atoms. The molecule has 1 N–H and O–H groups in total. The number of carbonyl (C=O) groups excluding carboxylic acids is 3. The smallest absolute Gasteiger partial charge is 0.257 e. The van der Waals surface area contributed by atoms with Gasteiger partial charge in [0.1, 0.15) is 17.6 Å². The Hall–Kier alpha value is -4.04. The number of carbonyl (C=O) groups is 3. The van der Waals surface area contributed by atoms with E-state index < -0.39 is 17.6 Å². The molecule has 1 atom stereocenters. The summed E-state index contributed by atoms with van der Waals surface area (Å²) in [6, 6.07) is 21.5. The highest BCUT2D eigenvalue weighted by Crippen LogP contribution is 2.39. The van der Waals surface area contributed by atoms with Crippen LogP contribution < -0.4 is 5.32 Å². The lowest BCUT2D eigenvalue weighted by Gasteiger charge is -2.44. The Morgan fingerprint density at radius 2 is 1.58 bits per heavy atom. The molecule has 0 radical (unpaired) electrons. The molecule has 196 valence electrons. The summed E-state index contributed by atoms with van der Waals surface area (Å²) >= 11 is 0. The first kappa shape index (κ1) is 25.6. The maximum Gasteiger partial charge on any atom is 0.257 e. The van der Waals surface area contributed by atoms with Gasteiger partial charge in [0.2, 0.25) is 5.91 Å². The number of likely N-dealkylation sites (tertiary alicyclic amines) is 1. The number of hydrogen-bond acceptors (Lipinski definition) is 4. The minimum absolute atomic E-state index is 0.0736. The molecule has 3 aromatic carbocycles. The van der Waals surface area contributed by atoms with Crippen LogP contribution in [0.1, 0.15) is 44.7 Å². The minimum Gasteiger partial charge on any atom is -0.353 e. The van der Waals surface area contributed by atoms with Crippen molar-refractivity contribution in [1.82, 2.24) is 15.1 Å². The normalized spacial score (nSPS) is 18.4. The lowest BCUT2D eigenvalue weighted by molar-refractivity contribution is -0.128. The van der Waals surface area contributed by atoms with Crippen LogP contribution in [-0.2, 0) is 16.1 Å². The Labute approximate surface area is 221 Å². The van der Waals surface area contributed by atoms with Crippen molar-refractivity contribution in [1.29, 1.82) is 0 Å². The van der Waals surface area contributed by atoms with Gasteiger partial charge >= 0.3 is 0 Å². The van der Waals surface area contributed by atoms with Gasteiger partial charge in [0.05, 0.1) is 6.61 Å². The third kappa shape index (κ3) is 5.04. The highest BCUT2D eigenvalue weighted by molar-refractivity contribution is 5.99. The highest BCUT2D eigenvalue weighted by Gasteiger charge is 2.54. The molecule has 3 amide bonds. The summed E-state index contributed by atoms with van der Waals surface area (Å²) in [5, 5.41) is 2.96. The molecule has 0 saturated carbocycles. The van der Waals surface area contributed by atoms with Gasteiger partial charge in [0, 0.05) is 43.6 Å². The molecule has 1 spiro atoms. The zero-order chi connectivity index (χ0) is 26.7. The number of nitrogens with zero attached hydrogens (tertiary/aromatic N) is 2. The largest absolute Gasteiger partial charge is 0.353 e. The predicted octanol–water partition coefficient (Wildman–Crippen LogP) is 3.92. The number of hydrogen-bond donors (Lipinski definition) is 1.